The van der Waals surface area contributed by atoms with Crippen molar-refractivity contribution in [1.29, 1.82) is 0 Å². The van der Waals surface area contributed by atoms with Gasteiger partial charge in [0.05, 0.1) is 22.4 Å². The number of methoxy groups -OCH3 is 2. The predicted octanol–water partition coefficient (Wildman–Crippen LogP) is 1.28. The van der Waals surface area contributed by atoms with Crippen LogP contribution in [0, 0.1) is 0 Å². The molecular weight excluding hydrogens is 262 g/mol. The molecule has 0 aliphatic heterocycles. The Kier molecular flexibility index (Phi) is 4.72. The topological polar surface area (TPSA) is 62.3 Å². The molecule has 0 aromatic carbocycles. The van der Waals surface area contributed by atoms with Crippen LogP contribution in [0.15, 0.2) is 10.7 Å². The van der Waals surface area contributed by atoms with Gasteiger partial charge in [0.2, 0.25) is 0 Å². The smallest absolute Gasteiger partial charge is 0.177 e. The number of ether oxygens (including phenoxy) is 2. The predicted molar refractivity (Wildman–Crippen MR) is 60.3 cm³/mol. The first-order valence-corrected chi connectivity index (χ1v) is 5.47. The molecule has 1 aromatic rings. The van der Waals surface area contributed by atoms with E-state index in [2.05, 4.69) is 21.0 Å². The lowest BCUT2D eigenvalue weighted by molar-refractivity contribution is -0.118. The Bertz CT molecular complexity index is 312. The quantitative estimate of drug-likeness (QED) is 0.824. The fourth-order valence-electron chi connectivity index (χ4n) is 1.47. The number of rotatable bonds is 5. The summed E-state index contributed by atoms with van der Waals surface area (Å²) in [4.78, 5) is 0. The van der Waals surface area contributed by atoms with Gasteiger partial charge in [-0.1, -0.05) is 0 Å². The number of nitrogens with zero attached hydrogens (tertiary/aromatic N) is 2. The maximum atomic E-state index is 6.04. The second-order valence-corrected chi connectivity index (χ2v) is 3.91. The summed E-state index contributed by atoms with van der Waals surface area (Å²) in [5.74, 6) is 0. The minimum absolute atomic E-state index is 0.364. The number of aromatic nitrogens is 2. The molecule has 0 fully saturated rings. The maximum Gasteiger partial charge on any atom is 0.177 e. The minimum Gasteiger partial charge on any atom is -0.354 e. The zero-order valence-corrected chi connectivity index (χ0v) is 10.7. The lowest BCUT2D eigenvalue weighted by atomic mass is 10.2. The van der Waals surface area contributed by atoms with Crippen molar-refractivity contribution in [3.8, 4) is 0 Å². The molecule has 1 heterocycles. The molecule has 1 aromatic heterocycles. The van der Waals surface area contributed by atoms with Gasteiger partial charge in [-0.05, 0) is 22.9 Å². The van der Waals surface area contributed by atoms with Crippen LogP contribution in [0.2, 0.25) is 0 Å². The molecule has 1 unspecified atom stereocenters. The molecule has 0 bridgehead atoms. The molecule has 15 heavy (non-hydrogen) atoms. The molecule has 1 atom stereocenters. The van der Waals surface area contributed by atoms with E-state index >= 15 is 0 Å². The summed E-state index contributed by atoms with van der Waals surface area (Å²) in [5, 5.41) is 4.18. The van der Waals surface area contributed by atoms with Crippen LogP contribution in [0.5, 0.6) is 0 Å². The summed E-state index contributed by atoms with van der Waals surface area (Å²) in [6.07, 6.45) is 1.25. The molecule has 1 rings (SSSR count). The number of hydrogen-bond donors (Lipinski definition) is 1. The second-order valence-electron chi connectivity index (χ2n) is 3.06. The second kappa shape index (κ2) is 5.60. The van der Waals surface area contributed by atoms with Gasteiger partial charge in [0.15, 0.2) is 6.29 Å². The largest absolute Gasteiger partial charge is 0.354 e. The SMILES string of the molecule is CCn1ncc(Br)c1C(N)C(OC)OC. The van der Waals surface area contributed by atoms with Crippen LogP contribution in [-0.4, -0.2) is 30.3 Å². The van der Waals surface area contributed by atoms with Crippen molar-refractivity contribution in [2.24, 2.45) is 5.73 Å². The van der Waals surface area contributed by atoms with Gasteiger partial charge in [-0.3, -0.25) is 4.68 Å². The van der Waals surface area contributed by atoms with E-state index in [1.807, 2.05) is 11.6 Å². The van der Waals surface area contributed by atoms with Crippen molar-refractivity contribution < 1.29 is 9.47 Å². The summed E-state index contributed by atoms with van der Waals surface area (Å²) in [6, 6.07) is -0.364. The average molecular weight is 278 g/mol. The Morgan fingerprint density at radius 3 is 2.60 bits per heavy atom. The monoisotopic (exact) mass is 277 g/mol. The van der Waals surface area contributed by atoms with E-state index in [0.717, 1.165) is 16.7 Å². The fraction of sp³-hybridized carbons (Fsp3) is 0.667. The lowest BCUT2D eigenvalue weighted by Gasteiger charge is -2.22. The molecule has 0 radical (unpaired) electrons. The van der Waals surface area contributed by atoms with Crippen LogP contribution >= 0.6 is 15.9 Å². The van der Waals surface area contributed by atoms with Crippen LogP contribution in [0.4, 0.5) is 0 Å². The molecule has 0 saturated carbocycles. The van der Waals surface area contributed by atoms with Gasteiger partial charge in [-0.25, -0.2) is 0 Å². The highest BCUT2D eigenvalue weighted by Gasteiger charge is 2.24. The summed E-state index contributed by atoms with van der Waals surface area (Å²) in [5.41, 5.74) is 6.92. The fourth-order valence-corrected chi connectivity index (χ4v) is 2.03. The number of aryl methyl sites for hydroxylation is 1. The minimum atomic E-state index is -0.469. The average Bonchev–Trinajstić information content (AvgIpc) is 2.61. The van der Waals surface area contributed by atoms with E-state index in [9.17, 15) is 0 Å². The van der Waals surface area contributed by atoms with Crippen molar-refractivity contribution in [2.75, 3.05) is 14.2 Å². The number of hydrogen-bond acceptors (Lipinski definition) is 4. The van der Waals surface area contributed by atoms with E-state index < -0.39 is 6.29 Å². The molecule has 0 amide bonds. The van der Waals surface area contributed by atoms with Gasteiger partial charge < -0.3 is 15.2 Å². The van der Waals surface area contributed by atoms with E-state index in [1.54, 1.807) is 20.4 Å². The van der Waals surface area contributed by atoms with Crippen molar-refractivity contribution >= 4 is 15.9 Å². The van der Waals surface area contributed by atoms with Crippen LogP contribution < -0.4 is 5.73 Å². The summed E-state index contributed by atoms with van der Waals surface area (Å²) < 4.78 is 13.0. The molecule has 2 N–H and O–H groups in total. The van der Waals surface area contributed by atoms with Gasteiger partial charge in [0.1, 0.15) is 0 Å². The van der Waals surface area contributed by atoms with E-state index in [-0.39, 0.29) is 6.04 Å². The molecule has 86 valence electrons. The Labute approximate surface area is 97.7 Å². The third kappa shape index (κ3) is 2.57. The molecule has 0 saturated heterocycles. The Hall–Kier alpha value is -0.430. The number of nitrogens with two attached hydrogens (primary N) is 1. The lowest BCUT2D eigenvalue weighted by Crippen LogP contribution is -2.31. The van der Waals surface area contributed by atoms with Crippen molar-refractivity contribution in [3.05, 3.63) is 16.4 Å². The highest BCUT2D eigenvalue weighted by molar-refractivity contribution is 9.10. The highest BCUT2D eigenvalue weighted by Crippen LogP contribution is 2.25. The molecule has 0 aliphatic rings. The van der Waals surface area contributed by atoms with Crippen molar-refractivity contribution in [2.45, 2.75) is 25.8 Å². The van der Waals surface area contributed by atoms with Gasteiger partial charge in [-0.2, -0.15) is 5.10 Å². The Morgan fingerprint density at radius 2 is 2.13 bits per heavy atom. The van der Waals surface area contributed by atoms with Crippen LogP contribution in [0.25, 0.3) is 0 Å². The molecule has 6 heteroatoms. The van der Waals surface area contributed by atoms with E-state index in [4.69, 9.17) is 15.2 Å². The van der Waals surface area contributed by atoms with Gasteiger partial charge in [0.25, 0.3) is 0 Å². The zero-order valence-electron chi connectivity index (χ0n) is 9.11. The Morgan fingerprint density at radius 1 is 1.53 bits per heavy atom. The van der Waals surface area contributed by atoms with Gasteiger partial charge >= 0.3 is 0 Å². The summed E-state index contributed by atoms with van der Waals surface area (Å²) >= 11 is 3.41. The summed E-state index contributed by atoms with van der Waals surface area (Å²) in [7, 11) is 3.13. The maximum absolute atomic E-state index is 6.04. The zero-order chi connectivity index (χ0) is 11.4. The molecule has 0 aliphatic carbocycles. The first-order chi connectivity index (χ1) is 7.15. The molecular formula is C9H16BrN3O2. The Balaban J connectivity index is 2.97. The normalized spacial score (nSPS) is 13.5. The van der Waals surface area contributed by atoms with E-state index in [0.29, 0.717) is 0 Å². The first kappa shape index (κ1) is 12.6. The third-order valence-electron chi connectivity index (χ3n) is 2.21. The highest BCUT2D eigenvalue weighted by atomic mass is 79.9. The van der Waals surface area contributed by atoms with Crippen LogP contribution in [0.1, 0.15) is 18.7 Å². The standard InChI is InChI=1S/C9H16BrN3O2/c1-4-13-8(6(10)5-12-13)7(11)9(14-2)15-3/h5,7,9H,4,11H2,1-3H3. The van der Waals surface area contributed by atoms with Crippen LogP contribution in [-0.2, 0) is 16.0 Å². The summed E-state index contributed by atoms with van der Waals surface area (Å²) in [6.45, 7) is 2.76. The van der Waals surface area contributed by atoms with Gasteiger partial charge in [-0.15, -0.1) is 0 Å². The molecule has 0 spiro atoms. The van der Waals surface area contributed by atoms with Crippen LogP contribution in [0.3, 0.4) is 0 Å². The molecule has 5 nitrogen and oxygen atoms in total. The van der Waals surface area contributed by atoms with Gasteiger partial charge in [0, 0.05) is 20.8 Å². The number of halogens is 1. The van der Waals surface area contributed by atoms with Crippen molar-refractivity contribution in [3.63, 3.8) is 0 Å². The first-order valence-electron chi connectivity index (χ1n) is 4.68. The van der Waals surface area contributed by atoms with Crippen molar-refractivity contribution in [1.82, 2.24) is 9.78 Å². The third-order valence-corrected chi connectivity index (χ3v) is 2.82. The van der Waals surface area contributed by atoms with E-state index in [1.165, 1.54) is 0 Å².